The number of hydrogen-bond donors (Lipinski definition) is 7. The van der Waals surface area contributed by atoms with Gasteiger partial charge in [-0.1, -0.05) is 0 Å². The topological polar surface area (TPSA) is 234 Å². The highest BCUT2D eigenvalue weighted by molar-refractivity contribution is 5.95. The van der Waals surface area contributed by atoms with Gasteiger partial charge in [-0.15, -0.1) is 0 Å². The summed E-state index contributed by atoms with van der Waals surface area (Å²) in [6.45, 7) is 0.398. The summed E-state index contributed by atoms with van der Waals surface area (Å²) >= 11 is 0. The quantitative estimate of drug-likeness (QED) is 0.158. The van der Waals surface area contributed by atoms with Crippen molar-refractivity contribution in [1.29, 1.82) is 0 Å². The average Bonchev–Trinajstić information content (AvgIpc) is 2.51. The Balaban J connectivity index is 5.00. The molecule has 0 aliphatic heterocycles. The number of carbonyl (C=O) groups excluding carboxylic acids is 4. The van der Waals surface area contributed by atoms with E-state index in [4.69, 9.17) is 28.0 Å². The van der Waals surface area contributed by atoms with Crippen molar-refractivity contribution in [2.75, 3.05) is 6.54 Å². The lowest BCUT2D eigenvalue weighted by Gasteiger charge is -2.22. The molecule has 148 valence electrons. The van der Waals surface area contributed by atoms with Gasteiger partial charge >= 0.3 is 5.97 Å². The lowest BCUT2D eigenvalue weighted by atomic mass is 10.1. The van der Waals surface area contributed by atoms with Gasteiger partial charge in [0.2, 0.25) is 23.6 Å². The van der Waals surface area contributed by atoms with Gasteiger partial charge in [0.1, 0.15) is 12.1 Å². The molecule has 0 aliphatic rings. The monoisotopic (exact) mass is 374 g/mol. The van der Waals surface area contributed by atoms with E-state index in [1.807, 2.05) is 0 Å². The molecule has 11 N–H and O–H groups in total. The van der Waals surface area contributed by atoms with Gasteiger partial charge in [0.25, 0.3) is 0 Å². The highest BCUT2D eigenvalue weighted by atomic mass is 16.4. The number of nitrogens with two attached hydrogens (primary N) is 4. The summed E-state index contributed by atoms with van der Waals surface area (Å²) in [7, 11) is 0. The standard InChI is InChI=1S/C14H26N6O6/c15-4-2-1-3-8(12(18)24)19-14(26)9(6-11(22)23)20-13(25)7(16)5-10(17)21/h7-9H,1-6,15-16H2,(H2,17,21)(H2,18,24)(H,19,26)(H,20,25)(H,22,23)/t7-,8-,9-/m0/s1. The largest absolute Gasteiger partial charge is 0.481 e. The molecule has 12 nitrogen and oxygen atoms in total. The highest BCUT2D eigenvalue weighted by Crippen LogP contribution is 2.03. The van der Waals surface area contributed by atoms with Crippen LogP contribution in [-0.4, -0.2) is 59.4 Å². The van der Waals surface area contributed by atoms with E-state index < -0.39 is 60.6 Å². The van der Waals surface area contributed by atoms with Crippen LogP contribution in [0.5, 0.6) is 0 Å². The van der Waals surface area contributed by atoms with Crippen LogP contribution in [0.3, 0.4) is 0 Å². The number of unbranched alkanes of at least 4 members (excludes halogenated alkanes) is 1. The Labute approximate surface area is 150 Å². The molecule has 0 spiro atoms. The van der Waals surface area contributed by atoms with E-state index in [0.29, 0.717) is 19.4 Å². The Morgan fingerprint density at radius 2 is 1.46 bits per heavy atom. The van der Waals surface area contributed by atoms with Crippen LogP contribution in [-0.2, 0) is 24.0 Å². The molecular weight excluding hydrogens is 348 g/mol. The maximum absolute atomic E-state index is 12.3. The third kappa shape index (κ3) is 9.54. The second-order valence-electron chi connectivity index (χ2n) is 5.68. The Morgan fingerprint density at radius 1 is 0.885 bits per heavy atom. The smallest absolute Gasteiger partial charge is 0.305 e. The third-order valence-corrected chi connectivity index (χ3v) is 3.38. The van der Waals surface area contributed by atoms with E-state index >= 15 is 0 Å². The van der Waals surface area contributed by atoms with E-state index in [9.17, 15) is 24.0 Å². The van der Waals surface area contributed by atoms with Gasteiger partial charge in [-0.3, -0.25) is 24.0 Å². The Bertz CT molecular complexity index is 540. The molecular formula is C14H26N6O6. The number of rotatable bonds is 13. The molecule has 4 amide bonds. The second kappa shape index (κ2) is 11.8. The molecule has 0 saturated carbocycles. The van der Waals surface area contributed by atoms with Crippen molar-refractivity contribution in [1.82, 2.24) is 10.6 Å². The molecule has 0 aliphatic carbocycles. The minimum Gasteiger partial charge on any atom is -0.481 e. The van der Waals surface area contributed by atoms with Crippen LogP contribution in [0.15, 0.2) is 0 Å². The van der Waals surface area contributed by atoms with Crippen molar-refractivity contribution in [3.05, 3.63) is 0 Å². The molecule has 0 fully saturated rings. The maximum atomic E-state index is 12.3. The number of amides is 4. The first-order valence-electron chi connectivity index (χ1n) is 7.94. The maximum Gasteiger partial charge on any atom is 0.305 e. The van der Waals surface area contributed by atoms with Crippen molar-refractivity contribution >= 4 is 29.6 Å². The number of carboxylic acids is 1. The van der Waals surface area contributed by atoms with Crippen molar-refractivity contribution in [2.45, 2.75) is 50.2 Å². The number of nitrogens with one attached hydrogen (secondary N) is 2. The Hall–Kier alpha value is -2.73. The second-order valence-corrected chi connectivity index (χ2v) is 5.68. The Morgan fingerprint density at radius 3 is 1.92 bits per heavy atom. The summed E-state index contributed by atoms with van der Waals surface area (Å²) in [6, 6.07) is -3.88. The van der Waals surface area contributed by atoms with Gasteiger partial charge in [0, 0.05) is 0 Å². The first-order valence-corrected chi connectivity index (χ1v) is 7.94. The summed E-state index contributed by atoms with van der Waals surface area (Å²) < 4.78 is 0. The van der Waals surface area contributed by atoms with E-state index in [1.165, 1.54) is 0 Å². The highest BCUT2D eigenvalue weighted by Gasteiger charge is 2.29. The van der Waals surface area contributed by atoms with Crippen molar-refractivity contribution in [2.24, 2.45) is 22.9 Å². The number of primary amides is 2. The van der Waals surface area contributed by atoms with Gasteiger partial charge in [-0.05, 0) is 25.8 Å². The number of carbonyl (C=O) groups is 5. The molecule has 0 aromatic carbocycles. The molecule has 0 radical (unpaired) electrons. The van der Waals surface area contributed by atoms with E-state index in [0.717, 1.165) is 0 Å². The molecule has 26 heavy (non-hydrogen) atoms. The summed E-state index contributed by atoms with van der Waals surface area (Å²) in [5, 5.41) is 13.3. The normalized spacial score (nSPS) is 13.9. The molecule has 12 heteroatoms. The SMILES string of the molecule is NCCCC[C@H](NC(=O)[C@H](CC(=O)O)NC(=O)[C@@H](N)CC(N)=O)C(N)=O. The minimum atomic E-state index is -1.50. The predicted octanol–water partition coefficient (Wildman–Crippen LogP) is -3.75. The zero-order valence-corrected chi connectivity index (χ0v) is 14.3. The molecule has 0 aromatic rings. The van der Waals surface area contributed by atoms with Crippen LogP contribution in [0.2, 0.25) is 0 Å². The number of hydrogen-bond acceptors (Lipinski definition) is 7. The Kier molecular flexibility index (Phi) is 10.5. The van der Waals surface area contributed by atoms with E-state index in [2.05, 4.69) is 10.6 Å². The third-order valence-electron chi connectivity index (χ3n) is 3.38. The fourth-order valence-corrected chi connectivity index (χ4v) is 2.02. The van der Waals surface area contributed by atoms with Crippen LogP contribution in [0.1, 0.15) is 32.1 Å². The van der Waals surface area contributed by atoms with E-state index in [-0.39, 0.29) is 6.42 Å². The first-order chi connectivity index (χ1) is 12.1. The van der Waals surface area contributed by atoms with Crippen molar-refractivity contribution in [3.8, 4) is 0 Å². The summed E-state index contributed by atoms with van der Waals surface area (Å²) in [6.07, 6.45) is 0.110. The van der Waals surface area contributed by atoms with Crippen molar-refractivity contribution < 1.29 is 29.1 Å². The molecule has 0 heterocycles. The lowest BCUT2D eigenvalue weighted by Crippen LogP contribution is -2.56. The zero-order chi connectivity index (χ0) is 20.3. The van der Waals surface area contributed by atoms with Crippen molar-refractivity contribution in [3.63, 3.8) is 0 Å². The zero-order valence-electron chi connectivity index (χ0n) is 14.3. The van der Waals surface area contributed by atoms with Crippen LogP contribution < -0.4 is 33.6 Å². The molecule has 0 unspecified atom stereocenters. The summed E-state index contributed by atoms with van der Waals surface area (Å²) in [4.78, 5) is 57.3. The molecule has 0 rings (SSSR count). The number of aliphatic carboxylic acids is 1. The van der Waals surface area contributed by atoms with Crippen LogP contribution >= 0.6 is 0 Å². The molecule has 0 bridgehead atoms. The molecule has 3 atom stereocenters. The average molecular weight is 374 g/mol. The lowest BCUT2D eigenvalue weighted by molar-refractivity contribution is -0.141. The fourth-order valence-electron chi connectivity index (χ4n) is 2.02. The minimum absolute atomic E-state index is 0.215. The van der Waals surface area contributed by atoms with E-state index in [1.54, 1.807) is 0 Å². The molecule has 0 aromatic heterocycles. The number of carboxylic acid groups (broad SMARTS) is 1. The first kappa shape index (κ1) is 23.3. The summed E-state index contributed by atoms with van der Waals surface area (Å²) in [5.41, 5.74) is 20.9. The van der Waals surface area contributed by atoms with Gasteiger partial charge in [0.05, 0.1) is 18.9 Å². The summed E-state index contributed by atoms with van der Waals surface area (Å²) in [5.74, 6) is -4.85. The van der Waals surface area contributed by atoms with Crippen LogP contribution in [0.25, 0.3) is 0 Å². The van der Waals surface area contributed by atoms with Gasteiger partial charge in [0.15, 0.2) is 0 Å². The van der Waals surface area contributed by atoms with Crippen LogP contribution in [0.4, 0.5) is 0 Å². The van der Waals surface area contributed by atoms with Gasteiger partial charge < -0.3 is 38.7 Å². The van der Waals surface area contributed by atoms with Crippen LogP contribution in [0, 0.1) is 0 Å². The fraction of sp³-hybridized carbons (Fsp3) is 0.643. The van der Waals surface area contributed by atoms with Gasteiger partial charge in [-0.25, -0.2) is 0 Å². The molecule has 0 saturated heterocycles. The predicted molar refractivity (Wildman–Crippen MR) is 90.0 cm³/mol. The van der Waals surface area contributed by atoms with Gasteiger partial charge in [-0.2, -0.15) is 0 Å².